The summed E-state index contributed by atoms with van der Waals surface area (Å²) in [4.78, 5) is 12.7. The minimum Gasteiger partial charge on any atom is -0.350 e. The number of anilines is 1. The smallest absolute Gasteiger partial charge is 0.251 e. The van der Waals surface area contributed by atoms with Crippen molar-refractivity contribution in [3.05, 3.63) is 101 Å². The van der Waals surface area contributed by atoms with E-state index in [-0.39, 0.29) is 18.5 Å². The molecule has 0 heterocycles. The maximum absolute atomic E-state index is 12.7. The second-order valence-electron chi connectivity index (χ2n) is 8.61. The van der Waals surface area contributed by atoms with Gasteiger partial charge in [-0.1, -0.05) is 60.7 Å². The lowest BCUT2D eigenvalue weighted by molar-refractivity contribution is 0.0938. The normalized spacial score (nSPS) is 12.2. The van der Waals surface area contributed by atoms with Crippen molar-refractivity contribution >= 4 is 21.6 Å². The highest BCUT2D eigenvalue weighted by molar-refractivity contribution is 7.92. The second-order valence-corrected chi connectivity index (χ2v) is 10.5. The quantitative estimate of drug-likeness (QED) is 0.483. The van der Waals surface area contributed by atoms with Gasteiger partial charge < -0.3 is 5.32 Å². The summed E-state index contributed by atoms with van der Waals surface area (Å²) in [6.45, 7) is 6.03. The van der Waals surface area contributed by atoms with Crippen molar-refractivity contribution in [2.45, 2.75) is 46.2 Å². The summed E-state index contributed by atoms with van der Waals surface area (Å²) in [5.74, 6) is -0.128. The van der Waals surface area contributed by atoms with Crippen molar-refractivity contribution in [1.29, 1.82) is 0 Å². The summed E-state index contributed by atoms with van der Waals surface area (Å²) < 4.78 is 26.6. The molecule has 0 fully saturated rings. The lowest BCUT2D eigenvalue weighted by atomic mass is 10.1. The van der Waals surface area contributed by atoms with Gasteiger partial charge in [0.05, 0.1) is 18.5 Å². The highest BCUT2D eigenvalue weighted by atomic mass is 32.2. The third-order valence-corrected chi connectivity index (χ3v) is 6.83. The van der Waals surface area contributed by atoms with E-state index >= 15 is 0 Å². The van der Waals surface area contributed by atoms with E-state index in [1.807, 2.05) is 69.3 Å². The predicted octanol–water partition coefficient (Wildman–Crippen LogP) is 5.02. The molecule has 0 radical (unpaired) electrons. The SMILES string of the molecule is Cc1cccc(C)c1N(Cc1ccc(C(=O)N[C@@H](C)CCc2ccccc2)cc1)S(C)(=O)=O. The molecule has 0 saturated carbocycles. The Labute approximate surface area is 197 Å². The molecule has 1 atom stereocenters. The molecule has 0 bridgehead atoms. The van der Waals surface area contributed by atoms with Crippen molar-refractivity contribution in [2.24, 2.45) is 0 Å². The fourth-order valence-corrected chi connectivity index (χ4v) is 4.90. The molecule has 0 aromatic heterocycles. The van der Waals surface area contributed by atoms with Crippen LogP contribution in [0.2, 0.25) is 0 Å². The Kier molecular flexibility index (Phi) is 7.92. The van der Waals surface area contributed by atoms with E-state index in [4.69, 9.17) is 0 Å². The van der Waals surface area contributed by atoms with Gasteiger partial charge in [-0.2, -0.15) is 0 Å². The molecule has 33 heavy (non-hydrogen) atoms. The van der Waals surface area contributed by atoms with Gasteiger partial charge in [-0.05, 0) is 68.0 Å². The molecule has 6 heteroatoms. The molecule has 0 spiro atoms. The van der Waals surface area contributed by atoms with Crippen LogP contribution in [0.15, 0.2) is 72.8 Å². The predicted molar refractivity (Wildman–Crippen MR) is 135 cm³/mol. The summed E-state index contributed by atoms with van der Waals surface area (Å²) >= 11 is 0. The summed E-state index contributed by atoms with van der Waals surface area (Å²) in [5, 5.41) is 3.05. The molecule has 3 rings (SSSR count). The maximum Gasteiger partial charge on any atom is 0.251 e. The molecule has 0 aliphatic heterocycles. The summed E-state index contributed by atoms with van der Waals surface area (Å²) in [6, 6.07) is 23.1. The Bertz CT molecular complexity index is 1170. The second kappa shape index (κ2) is 10.7. The minimum absolute atomic E-state index is 0.0436. The van der Waals surface area contributed by atoms with Crippen LogP contribution in [0.5, 0.6) is 0 Å². The summed E-state index contributed by atoms with van der Waals surface area (Å²) in [5.41, 5.74) is 5.14. The van der Waals surface area contributed by atoms with Gasteiger partial charge >= 0.3 is 0 Å². The number of para-hydroxylation sites is 1. The van der Waals surface area contributed by atoms with Crippen LogP contribution < -0.4 is 9.62 Å². The number of nitrogens with zero attached hydrogens (tertiary/aromatic N) is 1. The Balaban J connectivity index is 1.66. The summed E-state index contributed by atoms with van der Waals surface area (Å²) in [6.07, 6.45) is 2.98. The molecule has 1 N–H and O–H groups in total. The number of amides is 1. The molecule has 3 aromatic rings. The van der Waals surface area contributed by atoms with Crippen LogP contribution in [0, 0.1) is 13.8 Å². The third-order valence-electron chi connectivity index (χ3n) is 5.72. The van der Waals surface area contributed by atoms with Crippen molar-refractivity contribution < 1.29 is 13.2 Å². The first-order valence-electron chi connectivity index (χ1n) is 11.1. The number of hydrogen-bond acceptors (Lipinski definition) is 3. The van der Waals surface area contributed by atoms with Gasteiger partial charge in [-0.25, -0.2) is 8.42 Å². The van der Waals surface area contributed by atoms with Crippen LogP contribution in [0.4, 0.5) is 5.69 Å². The molecule has 174 valence electrons. The van der Waals surface area contributed by atoms with Crippen molar-refractivity contribution in [2.75, 3.05) is 10.6 Å². The zero-order chi connectivity index (χ0) is 24.0. The number of nitrogens with one attached hydrogen (secondary N) is 1. The van der Waals surface area contributed by atoms with E-state index < -0.39 is 10.0 Å². The van der Waals surface area contributed by atoms with Crippen LogP contribution >= 0.6 is 0 Å². The molecular weight excluding hydrogens is 432 g/mol. The first-order valence-corrected chi connectivity index (χ1v) is 13.0. The average molecular weight is 465 g/mol. The van der Waals surface area contributed by atoms with Crippen LogP contribution in [-0.4, -0.2) is 26.6 Å². The zero-order valence-corrected chi connectivity index (χ0v) is 20.5. The van der Waals surface area contributed by atoms with E-state index in [1.54, 1.807) is 12.1 Å². The molecule has 0 aliphatic carbocycles. The van der Waals surface area contributed by atoms with E-state index in [0.29, 0.717) is 11.3 Å². The number of carbonyl (C=O) groups is 1. The maximum atomic E-state index is 12.7. The van der Waals surface area contributed by atoms with Crippen molar-refractivity contribution in [1.82, 2.24) is 5.32 Å². The molecular formula is C27H32N2O3S. The largest absolute Gasteiger partial charge is 0.350 e. The lowest BCUT2D eigenvalue weighted by Gasteiger charge is -2.26. The molecule has 0 saturated heterocycles. The van der Waals surface area contributed by atoms with Crippen molar-refractivity contribution in [3.8, 4) is 0 Å². The Hall–Kier alpha value is -3.12. The topological polar surface area (TPSA) is 66.5 Å². The summed E-state index contributed by atoms with van der Waals surface area (Å²) in [7, 11) is -3.48. The third kappa shape index (κ3) is 6.68. The number of aryl methyl sites for hydroxylation is 3. The number of carbonyl (C=O) groups excluding carboxylic acids is 1. The minimum atomic E-state index is -3.48. The lowest BCUT2D eigenvalue weighted by Crippen LogP contribution is -2.33. The van der Waals surface area contributed by atoms with Gasteiger partial charge in [-0.3, -0.25) is 9.10 Å². The fourth-order valence-electron chi connectivity index (χ4n) is 3.90. The van der Waals surface area contributed by atoms with Gasteiger partial charge in [0.25, 0.3) is 5.91 Å². The Morgan fingerprint density at radius 2 is 1.48 bits per heavy atom. The number of benzene rings is 3. The van der Waals surface area contributed by atoms with Crippen LogP contribution in [0.25, 0.3) is 0 Å². The van der Waals surface area contributed by atoms with Crippen molar-refractivity contribution in [3.63, 3.8) is 0 Å². The van der Waals surface area contributed by atoms with E-state index in [0.717, 1.165) is 29.5 Å². The molecule has 5 nitrogen and oxygen atoms in total. The molecule has 0 aliphatic rings. The van der Waals surface area contributed by atoms with Gasteiger partial charge in [0.15, 0.2) is 0 Å². The van der Waals surface area contributed by atoms with Crippen LogP contribution in [-0.2, 0) is 23.0 Å². The molecule has 1 amide bonds. The first-order chi connectivity index (χ1) is 15.6. The van der Waals surface area contributed by atoms with Crippen LogP contribution in [0.1, 0.15) is 46.0 Å². The molecule has 3 aromatic carbocycles. The monoisotopic (exact) mass is 464 g/mol. The highest BCUT2D eigenvalue weighted by Crippen LogP contribution is 2.28. The Morgan fingerprint density at radius 1 is 0.879 bits per heavy atom. The highest BCUT2D eigenvalue weighted by Gasteiger charge is 2.21. The van der Waals surface area contributed by atoms with Gasteiger partial charge in [0, 0.05) is 11.6 Å². The average Bonchev–Trinajstić information content (AvgIpc) is 2.77. The standard InChI is InChI=1S/C27H32N2O3S/c1-20-9-8-10-21(2)26(20)29(33(4,31)32)19-24-15-17-25(18-16-24)27(30)28-22(3)13-14-23-11-6-5-7-12-23/h5-12,15-18,22H,13-14,19H2,1-4H3,(H,28,30)/t22-/m0/s1. The van der Waals surface area contributed by atoms with E-state index in [2.05, 4.69) is 17.4 Å². The Morgan fingerprint density at radius 3 is 2.06 bits per heavy atom. The zero-order valence-electron chi connectivity index (χ0n) is 19.7. The van der Waals surface area contributed by atoms with Crippen LogP contribution in [0.3, 0.4) is 0 Å². The number of rotatable bonds is 9. The number of hydrogen-bond donors (Lipinski definition) is 1. The van der Waals surface area contributed by atoms with Gasteiger partial charge in [-0.15, -0.1) is 0 Å². The van der Waals surface area contributed by atoms with E-state index in [1.165, 1.54) is 16.1 Å². The molecule has 0 unspecified atom stereocenters. The van der Waals surface area contributed by atoms with E-state index in [9.17, 15) is 13.2 Å². The van der Waals surface area contributed by atoms with Gasteiger partial charge in [0.1, 0.15) is 0 Å². The number of sulfonamides is 1. The fraction of sp³-hybridized carbons (Fsp3) is 0.296. The van der Waals surface area contributed by atoms with Gasteiger partial charge in [0.2, 0.25) is 10.0 Å². The first kappa shape index (κ1) is 24.5.